The van der Waals surface area contributed by atoms with Crippen molar-refractivity contribution < 1.29 is 29.3 Å². The summed E-state index contributed by atoms with van der Waals surface area (Å²) in [5.41, 5.74) is 0.112. The summed E-state index contributed by atoms with van der Waals surface area (Å²) >= 11 is 0. The van der Waals surface area contributed by atoms with Gasteiger partial charge in [0.2, 0.25) is 0 Å². The summed E-state index contributed by atoms with van der Waals surface area (Å²) in [6, 6.07) is 5.92. The van der Waals surface area contributed by atoms with Crippen molar-refractivity contribution in [2.75, 3.05) is 0 Å². The minimum Gasteiger partial charge on any atom is -0.508 e. The Morgan fingerprint density at radius 3 is 2.36 bits per heavy atom. The first-order valence-electron chi connectivity index (χ1n) is 11.7. The molecule has 33 heavy (non-hydrogen) atoms. The molecule has 6 heteroatoms. The zero-order valence-electron chi connectivity index (χ0n) is 20.4. The van der Waals surface area contributed by atoms with E-state index in [4.69, 9.17) is 9.47 Å². The summed E-state index contributed by atoms with van der Waals surface area (Å²) in [6.07, 6.45) is 4.14. The molecule has 0 amide bonds. The van der Waals surface area contributed by atoms with Crippen LogP contribution in [-0.4, -0.2) is 40.0 Å². The number of benzene rings is 1. The van der Waals surface area contributed by atoms with Gasteiger partial charge >= 0.3 is 11.9 Å². The van der Waals surface area contributed by atoms with E-state index >= 15 is 0 Å². The van der Waals surface area contributed by atoms with Crippen LogP contribution in [-0.2, 0) is 14.3 Å². The molecule has 0 radical (unpaired) electrons. The van der Waals surface area contributed by atoms with E-state index in [1.54, 1.807) is 19.9 Å². The average Bonchev–Trinajstić information content (AvgIpc) is 3.00. The Hall–Kier alpha value is -2.60. The Bertz CT molecular complexity index is 959. The van der Waals surface area contributed by atoms with Crippen molar-refractivity contribution >= 4 is 11.9 Å². The van der Waals surface area contributed by atoms with E-state index in [0.29, 0.717) is 30.4 Å². The predicted octanol–water partition coefficient (Wildman–Crippen LogP) is 4.95. The number of phenols is 1. The molecule has 0 unspecified atom stereocenters. The lowest BCUT2D eigenvalue weighted by atomic mass is 9.66. The highest BCUT2D eigenvalue weighted by molar-refractivity contribution is 5.89. The van der Waals surface area contributed by atoms with Crippen molar-refractivity contribution in [3.63, 3.8) is 0 Å². The van der Waals surface area contributed by atoms with E-state index in [0.717, 1.165) is 5.57 Å². The van der Waals surface area contributed by atoms with Crippen LogP contribution in [0.5, 0.6) is 5.75 Å². The minimum atomic E-state index is -1.08. The van der Waals surface area contributed by atoms with Crippen molar-refractivity contribution in [3.8, 4) is 5.75 Å². The van der Waals surface area contributed by atoms with Gasteiger partial charge in [0.05, 0.1) is 11.2 Å². The molecule has 0 aliphatic heterocycles. The zero-order valence-corrected chi connectivity index (χ0v) is 20.4. The standard InChI is InChI=1S/C27H36O6/c1-7-18(5)24(29)33-22-15-17(4)14-21(32-25(30)19-8-10-20(28)11-9-19)23-26(22,6)12-13-27(23,31)16(2)3/h7-11,15-16,21-23,28,31H,12-14H2,1-6H3/t21-,22-,23-,26+,27-/m0/s1. The number of rotatable bonds is 5. The van der Waals surface area contributed by atoms with Crippen LogP contribution in [0.2, 0.25) is 0 Å². The molecule has 2 N–H and O–H groups in total. The quantitative estimate of drug-likeness (QED) is 0.370. The third-order valence-corrected chi connectivity index (χ3v) is 7.64. The first-order chi connectivity index (χ1) is 15.4. The second-order valence-electron chi connectivity index (χ2n) is 10.1. The Kier molecular flexibility index (Phi) is 7.08. The fraction of sp³-hybridized carbons (Fsp3) is 0.556. The zero-order chi connectivity index (χ0) is 24.6. The van der Waals surface area contributed by atoms with Gasteiger partial charge in [0, 0.05) is 23.3 Å². The van der Waals surface area contributed by atoms with Gasteiger partial charge in [-0.1, -0.05) is 32.4 Å². The monoisotopic (exact) mass is 456 g/mol. The van der Waals surface area contributed by atoms with E-state index in [-0.39, 0.29) is 17.6 Å². The number of fused-ring (bicyclic) bond motifs is 1. The Morgan fingerprint density at radius 2 is 1.79 bits per heavy atom. The number of hydrogen-bond donors (Lipinski definition) is 2. The van der Waals surface area contributed by atoms with Crippen molar-refractivity contribution in [3.05, 3.63) is 53.1 Å². The van der Waals surface area contributed by atoms with Crippen molar-refractivity contribution in [1.82, 2.24) is 0 Å². The van der Waals surface area contributed by atoms with Gasteiger partial charge in [0.1, 0.15) is 18.0 Å². The molecule has 2 aliphatic carbocycles. The van der Waals surface area contributed by atoms with Crippen LogP contribution in [0.15, 0.2) is 47.6 Å². The molecule has 3 rings (SSSR count). The van der Waals surface area contributed by atoms with Gasteiger partial charge in [-0.05, 0) is 69.9 Å². The summed E-state index contributed by atoms with van der Waals surface area (Å²) in [5, 5.41) is 21.4. The van der Waals surface area contributed by atoms with Crippen LogP contribution < -0.4 is 0 Å². The molecule has 0 heterocycles. The molecule has 1 aromatic carbocycles. The summed E-state index contributed by atoms with van der Waals surface area (Å²) in [5.74, 6) is -1.33. The number of carbonyl (C=O) groups is 2. The molecular weight excluding hydrogens is 420 g/mol. The highest BCUT2D eigenvalue weighted by Crippen LogP contribution is 2.58. The molecule has 1 fully saturated rings. The van der Waals surface area contributed by atoms with Gasteiger partial charge in [-0.15, -0.1) is 0 Å². The van der Waals surface area contributed by atoms with Gasteiger partial charge in [-0.2, -0.15) is 0 Å². The molecular formula is C27H36O6. The van der Waals surface area contributed by atoms with E-state index in [1.165, 1.54) is 24.3 Å². The first kappa shape index (κ1) is 25.0. The number of aliphatic hydroxyl groups is 1. The van der Waals surface area contributed by atoms with Crippen LogP contribution in [0.3, 0.4) is 0 Å². The maximum atomic E-state index is 13.0. The lowest BCUT2D eigenvalue weighted by molar-refractivity contribution is -0.159. The molecule has 180 valence electrons. The third-order valence-electron chi connectivity index (χ3n) is 7.64. The Morgan fingerprint density at radius 1 is 1.15 bits per heavy atom. The Balaban J connectivity index is 2.01. The van der Waals surface area contributed by atoms with E-state index in [2.05, 4.69) is 0 Å². The smallest absolute Gasteiger partial charge is 0.338 e. The maximum Gasteiger partial charge on any atom is 0.338 e. The predicted molar refractivity (Wildman–Crippen MR) is 126 cm³/mol. The van der Waals surface area contributed by atoms with Gasteiger partial charge < -0.3 is 19.7 Å². The van der Waals surface area contributed by atoms with Crippen molar-refractivity contribution in [2.24, 2.45) is 17.3 Å². The average molecular weight is 457 g/mol. The fourth-order valence-corrected chi connectivity index (χ4v) is 5.42. The van der Waals surface area contributed by atoms with Gasteiger partial charge in [-0.25, -0.2) is 9.59 Å². The largest absolute Gasteiger partial charge is 0.508 e. The minimum absolute atomic E-state index is 0.0680. The summed E-state index contributed by atoms with van der Waals surface area (Å²) in [4.78, 5) is 25.7. The number of ether oxygens (including phenoxy) is 2. The van der Waals surface area contributed by atoms with Crippen LogP contribution in [0, 0.1) is 17.3 Å². The Labute approximate surface area is 196 Å². The summed E-state index contributed by atoms with van der Waals surface area (Å²) < 4.78 is 12.0. The number of hydrogen-bond acceptors (Lipinski definition) is 6. The SMILES string of the molecule is CC=C(C)C(=O)O[C@H]1C=C(C)C[C@H](OC(=O)c2ccc(O)cc2)[C@H]2[C@]1(C)CC[C@]2(O)C(C)C. The topological polar surface area (TPSA) is 93.1 Å². The highest BCUT2D eigenvalue weighted by atomic mass is 16.6. The second-order valence-corrected chi connectivity index (χ2v) is 10.1. The summed E-state index contributed by atoms with van der Waals surface area (Å²) in [7, 11) is 0. The number of carbonyl (C=O) groups excluding carboxylic acids is 2. The fourth-order valence-electron chi connectivity index (χ4n) is 5.42. The number of esters is 2. The lowest BCUT2D eigenvalue weighted by Crippen LogP contribution is -2.53. The number of phenolic OH excluding ortho intramolecular Hbond substituents is 1. The summed E-state index contributed by atoms with van der Waals surface area (Å²) in [6.45, 7) is 11.4. The molecule has 0 bridgehead atoms. The van der Waals surface area contributed by atoms with E-state index < -0.39 is 35.1 Å². The molecule has 0 saturated heterocycles. The van der Waals surface area contributed by atoms with Gasteiger partial charge in [-0.3, -0.25) is 0 Å². The highest BCUT2D eigenvalue weighted by Gasteiger charge is 2.63. The first-order valence-corrected chi connectivity index (χ1v) is 11.7. The second kappa shape index (κ2) is 9.34. The molecule has 6 nitrogen and oxygen atoms in total. The molecule has 0 spiro atoms. The third kappa shape index (κ3) is 4.72. The van der Waals surface area contributed by atoms with Gasteiger partial charge in [0.15, 0.2) is 0 Å². The molecule has 1 aromatic rings. The van der Waals surface area contributed by atoms with Crippen LogP contribution in [0.1, 0.15) is 71.2 Å². The van der Waals surface area contributed by atoms with Crippen molar-refractivity contribution in [2.45, 2.75) is 78.6 Å². The molecule has 0 aromatic heterocycles. The lowest BCUT2D eigenvalue weighted by Gasteiger charge is -2.45. The van der Waals surface area contributed by atoms with E-state index in [9.17, 15) is 19.8 Å². The van der Waals surface area contributed by atoms with Crippen LogP contribution in [0.4, 0.5) is 0 Å². The number of aromatic hydroxyl groups is 1. The van der Waals surface area contributed by atoms with Crippen LogP contribution >= 0.6 is 0 Å². The number of allylic oxidation sites excluding steroid dienone is 1. The van der Waals surface area contributed by atoms with E-state index in [1.807, 2.05) is 33.8 Å². The molecule has 1 saturated carbocycles. The normalized spacial score (nSPS) is 32.1. The van der Waals surface area contributed by atoms with Crippen LogP contribution in [0.25, 0.3) is 0 Å². The molecule has 5 atom stereocenters. The maximum absolute atomic E-state index is 13.0. The van der Waals surface area contributed by atoms with Gasteiger partial charge in [0.25, 0.3) is 0 Å². The molecule has 2 aliphatic rings. The van der Waals surface area contributed by atoms with Crippen molar-refractivity contribution in [1.29, 1.82) is 0 Å².